The molecule has 0 aliphatic carbocycles. The Hall–Kier alpha value is -1.44. The van der Waals surface area contributed by atoms with Gasteiger partial charge in [-0.1, -0.05) is 13.8 Å². The van der Waals surface area contributed by atoms with Gasteiger partial charge in [0.15, 0.2) is 0 Å². The number of carbonyl (C=O) groups excluding carboxylic acids is 1. The molecule has 1 fully saturated rings. The number of rotatable bonds is 3. The topological polar surface area (TPSA) is 106 Å². The second-order valence-electron chi connectivity index (χ2n) is 6.11. The molecule has 0 bridgehead atoms. The zero-order valence-corrected chi connectivity index (χ0v) is 13.1. The van der Waals surface area contributed by atoms with Crippen molar-refractivity contribution in [1.82, 2.24) is 4.31 Å². The van der Waals surface area contributed by atoms with Crippen LogP contribution in [0, 0.1) is 5.41 Å². The highest BCUT2D eigenvalue weighted by molar-refractivity contribution is 7.89. The molecule has 2 rings (SSSR count). The highest BCUT2D eigenvalue weighted by Crippen LogP contribution is 2.31. The number of carbonyl (C=O) groups is 1. The molecular formula is C14H21N3O3S. The smallest absolute Gasteiger partial charge is 0.248 e. The minimum Gasteiger partial charge on any atom is -0.366 e. The quantitative estimate of drug-likeness (QED) is 0.849. The summed E-state index contributed by atoms with van der Waals surface area (Å²) in [4.78, 5) is 11.2. The lowest BCUT2D eigenvalue weighted by Crippen LogP contribution is -2.53. The van der Waals surface area contributed by atoms with Crippen molar-refractivity contribution in [1.29, 1.82) is 0 Å². The van der Waals surface area contributed by atoms with Gasteiger partial charge in [-0.25, -0.2) is 8.42 Å². The van der Waals surface area contributed by atoms with Gasteiger partial charge in [-0.3, -0.25) is 4.79 Å². The molecule has 0 radical (unpaired) electrons. The van der Waals surface area contributed by atoms with Crippen molar-refractivity contribution in [2.24, 2.45) is 16.9 Å². The van der Waals surface area contributed by atoms with E-state index in [4.69, 9.17) is 11.5 Å². The van der Waals surface area contributed by atoms with Crippen molar-refractivity contribution in [3.63, 3.8) is 0 Å². The van der Waals surface area contributed by atoms with Crippen LogP contribution in [0.2, 0.25) is 0 Å². The second kappa shape index (κ2) is 5.40. The molecule has 1 atom stereocenters. The fourth-order valence-corrected chi connectivity index (χ4v) is 4.10. The molecule has 1 aromatic rings. The van der Waals surface area contributed by atoms with E-state index in [9.17, 15) is 13.2 Å². The first-order valence-electron chi connectivity index (χ1n) is 6.80. The van der Waals surface area contributed by atoms with E-state index in [1.54, 1.807) is 0 Å². The summed E-state index contributed by atoms with van der Waals surface area (Å²) < 4.78 is 26.7. The van der Waals surface area contributed by atoms with E-state index in [1.165, 1.54) is 28.6 Å². The van der Waals surface area contributed by atoms with Gasteiger partial charge in [0.1, 0.15) is 0 Å². The molecule has 0 aromatic heterocycles. The Balaban J connectivity index is 2.28. The zero-order valence-electron chi connectivity index (χ0n) is 12.2. The number of amides is 1. The summed E-state index contributed by atoms with van der Waals surface area (Å²) in [6.07, 6.45) is 0.631. The molecule has 1 saturated heterocycles. The predicted octanol–water partition coefficient (Wildman–Crippen LogP) is 0.533. The lowest BCUT2D eigenvalue weighted by molar-refractivity contribution is 0.1000. The van der Waals surface area contributed by atoms with Gasteiger partial charge in [0.05, 0.1) is 4.90 Å². The average molecular weight is 311 g/mol. The number of primary amides is 1. The molecular weight excluding hydrogens is 290 g/mol. The predicted molar refractivity (Wildman–Crippen MR) is 80.1 cm³/mol. The Morgan fingerprint density at radius 1 is 1.29 bits per heavy atom. The third-order valence-electron chi connectivity index (χ3n) is 4.05. The van der Waals surface area contributed by atoms with E-state index in [0.29, 0.717) is 19.5 Å². The second-order valence-corrected chi connectivity index (χ2v) is 8.05. The van der Waals surface area contributed by atoms with Gasteiger partial charge in [-0.05, 0) is 36.1 Å². The maximum Gasteiger partial charge on any atom is 0.248 e. The van der Waals surface area contributed by atoms with Gasteiger partial charge in [-0.15, -0.1) is 0 Å². The summed E-state index contributed by atoms with van der Waals surface area (Å²) in [6, 6.07) is 5.67. The van der Waals surface area contributed by atoms with Crippen molar-refractivity contribution in [2.75, 3.05) is 13.1 Å². The lowest BCUT2D eigenvalue weighted by atomic mass is 9.81. The number of hydrogen-bond acceptors (Lipinski definition) is 4. The average Bonchev–Trinajstić information content (AvgIpc) is 2.41. The third kappa shape index (κ3) is 3.09. The monoisotopic (exact) mass is 311 g/mol. The van der Waals surface area contributed by atoms with Crippen LogP contribution in [-0.4, -0.2) is 37.8 Å². The van der Waals surface area contributed by atoms with Crippen LogP contribution in [0.25, 0.3) is 0 Å². The molecule has 116 valence electrons. The van der Waals surface area contributed by atoms with Gasteiger partial charge >= 0.3 is 0 Å². The highest BCUT2D eigenvalue weighted by Gasteiger charge is 2.38. The van der Waals surface area contributed by atoms with Crippen LogP contribution < -0.4 is 11.5 Å². The number of nitrogens with two attached hydrogens (primary N) is 2. The third-order valence-corrected chi connectivity index (χ3v) is 5.91. The highest BCUT2D eigenvalue weighted by atomic mass is 32.2. The SMILES string of the molecule is CC1(C)CN(S(=O)(=O)c2ccc(C(N)=O)cc2)CCC1N. The van der Waals surface area contributed by atoms with E-state index in [0.717, 1.165) is 0 Å². The first-order valence-corrected chi connectivity index (χ1v) is 8.24. The van der Waals surface area contributed by atoms with Gasteiger partial charge in [0.25, 0.3) is 0 Å². The zero-order chi connectivity index (χ0) is 15.8. The Morgan fingerprint density at radius 3 is 2.33 bits per heavy atom. The van der Waals surface area contributed by atoms with Crippen LogP contribution >= 0.6 is 0 Å². The van der Waals surface area contributed by atoms with E-state index < -0.39 is 15.9 Å². The van der Waals surface area contributed by atoms with E-state index in [2.05, 4.69) is 0 Å². The van der Waals surface area contributed by atoms with Gasteiger partial charge in [0, 0.05) is 24.7 Å². The van der Waals surface area contributed by atoms with Crippen LogP contribution in [0.4, 0.5) is 0 Å². The maximum atomic E-state index is 12.6. The summed E-state index contributed by atoms with van der Waals surface area (Å²) in [5, 5.41) is 0. The van der Waals surface area contributed by atoms with Crippen LogP contribution in [0.1, 0.15) is 30.6 Å². The molecule has 1 aliphatic heterocycles. The van der Waals surface area contributed by atoms with Crippen LogP contribution in [0.3, 0.4) is 0 Å². The van der Waals surface area contributed by atoms with E-state index >= 15 is 0 Å². The van der Waals surface area contributed by atoms with Crippen molar-refractivity contribution < 1.29 is 13.2 Å². The molecule has 0 saturated carbocycles. The van der Waals surface area contributed by atoms with Crippen molar-refractivity contribution in [3.8, 4) is 0 Å². The number of benzene rings is 1. The molecule has 1 aliphatic rings. The summed E-state index contributed by atoms with van der Waals surface area (Å²) in [7, 11) is -3.57. The van der Waals surface area contributed by atoms with Crippen LogP contribution in [-0.2, 0) is 10.0 Å². The van der Waals surface area contributed by atoms with Gasteiger partial charge in [0.2, 0.25) is 15.9 Å². The molecule has 1 unspecified atom stereocenters. The van der Waals surface area contributed by atoms with Gasteiger partial charge in [-0.2, -0.15) is 4.31 Å². The molecule has 1 heterocycles. The molecule has 1 amide bonds. The van der Waals surface area contributed by atoms with Crippen molar-refractivity contribution in [2.45, 2.75) is 31.2 Å². The first-order chi connectivity index (χ1) is 9.64. The fourth-order valence-electron chi connectivity index (χ4n) is 2.47. The van der Waals surface area contributed by atoms with Crippen molar-refractivity contribution in [3.05, 3.63) is 29.8 Å². The molecule has 1 aromatic carbocycles. The first kappa shape index (κ1) is 15.9. The largest absolute Gasteiger partial charge is 0.366 e. The maximum absolute atomic E-state index is 12.6. The normalized spacial score (nSPS) is 22.9. The summed E-state index contributed by atoms with van der Waals surface area (Å²) >= 11 is 0. The molecule has 21 heavy (non-hydrogen) atoms. The molecule has 0 spiro atoms. The molecule has 6 nitrogen and oxygen atoms in total. The summed E-state index contributed by atoms with van der Waals surface area (Å²) in [5.41, 5.74) is 11.2. The van der Waals surface area contributed by atoms with Crippen LogP contribution in [0.15, 0.2) is 29.2 Å². The Labute approximate surface area is 125 Å². The summed E-state index contributed by atoms with van der Waals surface area (Å²) in [6.45, 7) is 4.73. The Bertz CT molecular complexity index is 638. The van der Waals surface area contributed by atoms with E-state index in [-0.39, 0.29) is 21.9 Å². The van der Waals surface area contributed by atoms with Crippen LogP contribution in [0.5, 0.6) is 0 Å². The number of sulfonamides is 1. The number of hydrogen-bond donors (Lipinski definition) is 2. The minimum atomic E-state index is -3.57. The number of piperidine rings is 1. The van der Waals surface area contributed by atoms with E-state index in [1.807, 2.05) is 13.8 Å². The Kier molecular flexibility index (Phi) is 4.10. The van der Waals surface area contributed by atoms with Crippen molar-refractivity contribution >= 4 is 15.9 Å². The van der Waals surface area contributed by atoms with Gasteiger partial charge < -0.3 is 11.5 Å². The Morgan fingerprint density at radius 2 is 1.86 bits per heavy atom. The number of nitrogens with zero attached hydrogens (tertiary/aromatic N) is 1. The fraction of sp³-hybridized carbons (Fsp3) is 0.500. The summed E-state index contributed by atoms with van der Waals surface area (Å²) in [5.74, 6) is -0.580. The minimum absolute atomic E-state index is 0.0128. The molecule has 7 heteroatoms. The lowest BCUT2D eigenvalue weighted by Gasteiger charge is -2.41. The standard InChI is InChI=1S/C14H21N3O3S/c1-14(2)9-17(8-7-12(14)15)21(19,20)11-5-3-10(4-6-11)13(16)18/h3-6,12H,7-9,15H2,1-2H3,(H2,16,18). The molecule has 4 N–H and O–H groups in total.